The van der Waals surface area contributed by atoms with E-state index in [1.54, 1.807) is 10.9 Å². The van der Waals surface area contributed by atoms with E-state index in [9.17, 15) is 14.9 Å². The topological polar surface area (TPSA) is 97.6 Å². The predicted molar refractivity (Wildman–Crippen MR) is 81.7 cm³/mol. The second-order valence-electron chi connectivity index (χ2n) is 5.33. The molecule has 0 aliphatic heterocycles. The monoisotopic (exact) mass is 302 g/mol. The first kappa shape index (κ1) is 15.6. The van der Waals surface area contributed by atoms with Crippen LogP contribution in [-0.2, 0) is 20.6 Å². The number of nitrogens with zero attached hydrogens (tertiary/aromatic N) is 5. The number of hydrogen-bond donors (Lipinski definition) is 1. The molecule has 0 spiro atoms. The van der Waals surface area contributed by atoms with E-state index >= 15 is 0 Å². The molecule has 2 aromatic rings. The molecule has 2 aromatic heterocycles. The summed E-state index contributed by atoms with van der Waals surface area (Å²) in [4.78, 5) is 24.0. The fourth-order valence-electron chi connectivity index (χ4n) is 2.24. The molecule has 1 unspecified atom stereocenters. The Bertz CT molecular complexity index is 852. The molecule has 22 heavy (non-hydrogen) atoms. The maximum absolute atomic E-state index is 12.0. The van der Waals surface area contributed by atoms with Gasteiger partial charge in [-0.05, 0) is 19.4 Å². The number of aryl methyl sites for hydroxylation is 1. The van der Waals surface area contributed by atoms with Crippen LogP contribution < -0.4 is 16.6 Å². The number of anilines is 1. The SMILES string of the molecule is Cc1cnn(CC(C)Nc2c(C#N)c(=O)n(C)c(=O)n2C)c1. The van der Waals surface area contributed by atoms with Gasteiger partial charge in [0.2, 0.25) is 0 Å². The summed E-state index contributed by atoms with van der Waals surface area (Å²) < 4.78 is 3.95. The standard InChI is InChI=1S/C14H18N6O2/c1-9-6-16-20(7-9)8-10(2)17-12-11(5-15)13(21)19(4)14(22)18(12)3/h6-7,10,17H,8H2,1-4H3. The van der Waals surface area contributed by atoms with Crippen molar-refractivity contribution in [1.29, 1.82) is 5.26 Å². The highest BCUT2D eigenvalue weighted by molar-refractivity contribution is 5.51. The molecule has 0 saturated heterocycles. The normalized spacial score (nSPS) is 12.0. The van der Waals surface area contributed by atoms with E-state index in [0.717, 1.165) is 10.1 Å². The molecule has 0 aromatic carbocycles. The Kier molecular flexibility index (Phi) is 4.17. The third-order valence-corrected chi connectivity index (χ3v) is 3.38. The summed E-state index contributed by atoms with van der Waals surface area (Å²) in [7, 11) is 2.88. The van der Waals surface area contributed by atoms with Crippen LogP contribution in [0, 0.1) is 18.3 Å². The van der Waals surface area contributed by atoms with Gasteiger partial charge in [0.05, 0.1) is 12.7 Å². The second-order valence-corrected chi connectivity index (χ2v) is 5.33. The molecule has 2 rings (SSSR count). The largest absolute Gasteiger partial charge is 0.366 e. The van der Waals surface area contributed by atoms with Crippen molar-refractivity contribution in [2.45, 2.75) is 26.4 Å². The zero-order valence-corrected chi connectivity index (χ0v) is 13.0. The van der Waals surface area contributed by atoms with Crippen LogP contribution in [0.1, 0.15) is 18.1 Å². The summed E-state index contributed by atoms with van der Waals surface area (Å²) in [5.74, 6) is 0.229. The molecule has 0 fully saturated rings. The van der Waals surface area contributed by atoms with Crippen LogP contribution in [0.2, 0.25) is 0 Å². The molecule has 0 aliphatic carbocycles. The number of nitrogens with one attached hydrogen (secondary N) is 1. The lowest BCUT2D eigenvalue weighted by Crippen LogP contribution is -2.41. The number of rotatable bonds is 4. The second kappa shape index (κ2) is 5.89. The molecule has 0 saturated carbocycles. The quantitative estimate of drug-likeness (QED) is 0.854. The first-order chi connectivity index (χ1) is 10.3. The van der Waals surface area contributed by atoms with E-state index in [0.29, 0.717) is 6.54 Å². The minimum atomic E-state index is -0.602. The highest BCUT2D eigenvalue weighted by atomic mass is 16.2. The summed E-state index contributed by atoms with van der Waals surface area (Å²) in [6.07, 6.45) is 3.65. The molecular weight excluding hydrogens is 284 g/mol. The van der Waals surface area contributed by atoms with Gasteiger partial charge < -0.3 is 5.32 Å². The summed E-state index contributed by atoms with van der Waals surface area (Å²) in [6.45, 7) is 4.38. The molecule has 1 atom stereocenters. The highest BCUT2D eigenvalue weighted by Crippen LogP contribution is 2.09. The Hall–Kier alpha value is -2.82. The van der Waals surface area contributed by atoms with Crippen LogP contribution in [0.15, 0.2) is 22.0 Å². The van der Waals surface area contributed by atoms with Crippen LogP contribution >= 0.6 is 0 Å². The number of aromatic nitrogens is 4. The summed E-state index contributed by atoms with van der Waals surface area (Å²) in [6, 6.07) is 1.75. The molecule has 0 aliphatic rings. The average molecular weight is 302 g/mol. The third-order valence-electron chi connectivity index (χ3n) is 3.38. The summed E-state index contributed by atoms with van der Waals surface area (Å²) in [5.41, 5.74) is -0.108. The lowest BCUT2D eigenvalue weighted by molar-refractivity contribution is 0.554. The van der Waals surface area contributed by atoms with Crippen LogP contribution in [0.5, 0.6) is 0 Å². The van der Waals surface area contributed by atoms with Gasteiger partial charge >= 0.3 is 5.69 Å². The predicted octanol–water partition coefficient (Wildman–Crippen LogP) is -0.0388. The van der Waals surface area contributed by atoms with Crippen molar-refractivity contribution in [2.24, 2.45) is 14.1 Å². The Morgan fingerprint density at radius 1 is 1.36 bits per heavy atom. The molecule has 2 heterocycles. The molecule has 8 nitrogen and oxygen atoms in total. The molecule has 0 bridgehead atoms. The van der Waals surface area contributed by atoms with Crippen LogP contribution in [0.3, 0.4) is 0 Å². The minimum Gasteiger partial charge on any atom is -0.366 e. The maximum Gasteiger partial charge on any atom is 0.332 e. The molecule has 1 N–H and O–H groups in total. The van der Waals surface area contributed by atoms with E-state index in [2.05, 4.69) is 10.4 Å². The van der Waals surface area contributed by atoms with E-state index in [1.807, 2.05) is 26.1 Å². The highest BCUT2D eigenvalue weighted by Gasteiger charge is 2.17. The van der Waals surface area contributed by atoms with Gasteiger partial charge in [0, 0.05) is 26.3 Å². The van der Waals surface area contributed by atoms with Crippen molar-refractivity contribution >= 4 is 5.82 Å². The van der Waals surface area contributed by atoms with Gasteiger partial charge in [-0.3, -0.25) is 18.6 Å². The van der Waals surface area contributed by atoms with E-state index < -0.39 is 11.2 Å². The third kappa shape index (κ3) is 2.79. The Morgan fingerprint density at radius 2 is 2.05 bits per heavy atom. The fraction of sp³-hybridized carbons (Fsp3) is 0.429. The zero-order chi connectivity index (χ0) is 16.4. The van der Waals surface area contributed by atoms with E-state index in [-0.39, 0.29) is 17.4 Å². The van der Waals surface area contributed by atoms with Gasteiger partial charge in [-0.25, -0.2) is 4.79 Å². The van der Waals surface area contributed by atoms with Gasteiger partial charge in [-0.2, -0.15) is 10.4 Å². The lowest BCUT2D eigenvalue weighted by Gasteiger charge is -2.19. The van der Waals surface area contributed by atoms with Gasteiger partial charge in [0.1, 0.15) is 11.9 Å². The van der Waals surface area contributed by atoms with Crippen molar-refractivity contribution in [3.63, 3.8) is 0 Å². The van der Waals surface area contributed by atoms with Crippen molar-refractivity contribution in [1.82, 2.24) is 18.9 Å². The zero-order valence-electron chi connectivity index (χ0n) is 13.0. The first-order valence-electron chi connectivity index (χ1n) is 6.80. The van der Waals surface area contributed by atoms with E-state index in [1.165, 1.54) is 18.7 Å². The Balaban J connectivity index is 2.35. The fourth-order valence-corrected chi connectivity index (χ4v) is 2.24. The minimum absolute atomic E-state index is 0.0758. The smallest absolute Gasteiger partial charge is 0.332 e. The summed E-state index contributed by atoms with van der Waals surface area (Å²) >= 11 is 0. The van der Waals surface area contributed by atoms with Gasteiger partial charge in [0.15, 0.2) is 5.56 Å². The molecule has 0 radical (unpaired) electrons. The van der Waals surface area contributed by atoms with Crippen molar-refractivity contribution in [3.8, 4) is 6.07 Å². The van der Waals surface area contributed by atoms with Gasteiger partial charge in [0.25, 0.3) is 5.56 Å². The van der Waals surface area contributed by atoms with Crippen LogP contribution in [-0.4, -0.2) is 25.0 Å². The Morgan fingerprint density at radius 3 is 2.59 bits per heavy atom. The van der Waals surface area contributed by atoms with Gasteiger partial charge in [-0.15, -0.1) is 0 Å². The lowest BCUT2D eigenvalue weighted by atomic mass is 10.2. The molecular formula is C14H18N6O2. The first-order valence-corrected chi connectivity index (χ1v) is 6.80. The number of hydrogen-bond acceptors (Lipinski definition) is 5. The van der Waals surface area contributed by atoms with E-state index in [4.69, 9.17) is 0 Å². The average Bonchev–Trinajstić information content (AvgIpc) is 2.88. The maximum atomic E-state index is 12.0. The van der Waals surface area contributed by atoms with Crippen molar-refractivity contribution in [3.05, 3.63) is 44.4 Å². The molecule has 116 valence electrons. The molecule has 8 heteroatoms. The van der Waals surface area contributed by atoms with Gasteiger partial charge in [-0.1, -0.05) is 0 Å². The molecule has 0 amide bonds. The number of nitriles is 1. The van der Waals surface area contributed by atoms with Crippen LogP contribution in [0.4, 0.5) is 5.82 Å². The van der Waals surface area contributed by atoms with Crippen molar-refractivity contribution < 1.29 is 0 Å². The Labute approximate surface area is 127 Å². The summed E-state index contributed by atoms with van der Waals surface area (Å²) in [5, 5.41) is 16.5. The van der Waals surface area contributed by atoms with Crippen molar-refractivity contribution in [2.75, 3.05) is 5.32 Å². The van der Waals surface area contributed by atoms with Crippen LogP contribution in [0.25, 0.3) is 0 Å².